The van der Waals surface area contributed by atoms with Gasteiger partial charge in [0.1, 0.15) is 0 Å². The highest BCUT2D eigenvalue weighted by Gasteiger charge is 2.43. The summed E-state index contributed by atoms with van der Waals surface area (Å²) >= 11 is 0. The molecule has 0 aromatic rings. The average molecular weight is 443 g/mol. The van der Waals surface area contributed by atoms with Crippen LogP contribution in [0.1, 0.15) is 129 Å². The molecule has 32 heavy (non-hydrogen) atoms. The number of hydrogen-bond donors (Lipinski definition) is 0. The Hall–Kier alpha value is -0.0400. The first kappa shape index (κ1) is 23.7. The number of ether oxygens (including phenoxy) is 1. The Balaban J connectivity index is 1.07. The Morgan fingerprint density at radius 2 is 0.875 bits per heavy atom. The molecule has 0 aromatic heterocycles. The van der Waals surface area contributed by atoms with Gasteiger partial charge >= 0.3 is 0 Å². The highest BCUT2D eigenvalue weighted by Crippen LogP contribution is 2.53. The lowest BCUT2D eigenvalue weighted by Crippen LogP contribution is -2.39. The van der Waals surface area contributed by atoms with Crippen molar-refractivity contribution in [1.82, 2.24) is 0 Å². The van der Waals surface area contributed by atoms with Gasteiger partial charge < -0.3 is 4.74 Å². The van der Waals surface area contributed by atoms with Gasteiger partial charge in [-0.1, -0.05) is 26.2 Å². The van der Waals surface area contributed by atoms with Crippen LogP contribution in [0.4, 0.5) is 0 Å². The zero-order chi connectivity index (χ0) is 21.9. The number of hydrogen-bond acceptors (Lipinski definition) is 1. The fourth-order valence-corrected chi connectivity index (χ4v) is 9.90. The van der Waals surface area contributed by atoms with Crippen LogP contribution in [0.5, 0.6) is 0 Å². The topological polar surface area (TPSA) is 9.23 Å². The second kappa shape index (κ2) is 11.1. The fraction of sp³-hybridized carbons (Fsp3) is 1.00. The smallest absolute Gasteiger partial charge is 0.0575 e. The molecule has 1 nitrogen and oxygen atoms in total. The first-order valence-corrected chi connectivity index (χ1v) is 15.3. The van der Waals surface area contributed by atoms with E-state index in [9.17, 15) is 0 Å². The monoisotopic (exact) mass is 442 g/mol. The van der Waals surface area contributed by atoms with E-state index in [-0.39, 0.29) is 0 Å². The highest BCUT2D eigenvalue weighted by atomic mass is 16.5. The number of fused-ring (bicyclic) bond motifs is 2. The lowest BCUT2D eigenvalue weighted by Gasteiger charge is -2.49. The van der Waals surface area contributed by atoms with E-state index >= 15 is 0 Å². The van der Waals surface area contributed by atoms with Crippen molar-refractivity contribution in [2.45, 2.75) is 136 Å². The molecule has 0 aliphatic heterocycles. The summed E-state index contributed by atoms with van der Waals surface area (Å²) in [6.45, 7) is 5.46. The van der Waals surface area contributed by atoms with Crippen molar-refractivity contribution in [1.29, 1.82) is 0 Å². The molecule has 0 saturated heterocycles. The van der Waals surface area contributed by atoms with Gasteiger partial charge in [0.15, 0.2) is 0 Å². The summed E-state index contributed by atoms with van der Waals surface area (Å²) in [6.07, 6.45) is 28.2. The van der Waals surface area contributed by atoms with E-state index in [0.29, 0.717) is 6.10 Å². The molecule has 8 atom stereocenters. The molecule has 0 bridgehead atoms. The SMILES string of the molecule is CCCC1CCC2CC(C3CCC4CC(C5CCC(OCC)CC5)CCC4C3)CCC2C1. The van der Waals surface area contributed by atoms with E-state index in [0.717, 1.165) is 59.9 Å². The van der Waals surface area contributed by atoms with E-state index in [1.807, 2.05) is 0 Å². The molecule has 0 spiro atoms. The minimum absolute atomic E-state index is 0.583. The van der Waals surface area contributed by atoms with Crippen molar-refractivity contribution >= 4 is 0 Å². The summed E-state index contributed by atoms with van der Waals surface area (Å²) in [5.74, 6) is 9.79. The molecule has 5 aliphatic carbocycles. The Morgan fingerprint density at radius 3 is 1.34 bits per heavy atom. The fourth-order valence-electron chi connectivity index (χ4n) is 9.90. The van der Waals surface area contributed by atoms with Crippen molar-refractivity contribution in [3.63, 3.8) is 0 Å². The predicted molar refractivity (Wildman–Crippen MR) is 136 cm³/mol. The second-order valence-electron chi connectivity index (χ2n) is 13.2. The van der Waals surface area contributed by atoms with Gasteiger partial charge in [-0.2, -0.15) is 0 Å². The van der Waals surface area contributed by atoms with Gasteiger partial charge in [-0.15, -0.1) is 0 Å². The Morgan fingerprint density at radius 1 is 0.469 bits per heavy atom. The lowest BCUT2D eigenvalue weighted by atomic mass is 9.57. The third-order valence-electron chi connectivity index (χ3n) is 11.6. The van der Waals surface area contributed by atoms with Gasteiger partial charge in [-0.05, 0) is 156 Å². The molecule has 1 heteroatoms. The molecule has 0 heterocycles. The molecule has 184 valence electrons. The molecule has 5 rings (SSSR count). The summed E-state index contributed by atoms with van der Waals surface area (Å²) in [5.41, 5.74) is 0. The Labute approximate surface area is 200 Å². The van der Waals surface area contributed by atoms with Gasteiger partial charge in [0.05, 0.1) is 6.10 Å². The van der Waals surface area contributed by atoms with Crippen LogP contribution < -0.4 is 0 Å². The van der Waals surface area contributed by atoms with Crippen LogP contribution in [0, 0.1) is 53.3 Å². The first-order valence-electron chi connectivity index (χ1n) is 15.3. The van der Waals surface area contributed by atoms with Crippen LogP contribution in [0.2, 0.25) is 0 Å². The lowest BCUT2D eigenvalue weighted by molar-refractivity contribution is -0.00355. The van der Waals surface area contributed by atoms with Crippen molar-refractivity contribution in [3.8, 4) is 0 Å². The average Bonchev–Trinajstić information content (AvgIpc) is 2.84. The van der Waals surface area contributed by atoms with Crippen molar-refractivity contribution < 1.29 is 4.74 Å². The molecular weight excluding hydrogens is 388 g/mol. The zero-order valence-electron chi connectivity index (χ0n) is 21.6. The summed E-state index contributed by atoms with van der Waals surface area (Å²) in [7, 11) is 0. The van der Waals surface area contributed by atoms with Gasteiger partial charge in [0, 0.05) is 6.61 Å². The third kappa shape index (κ3) is 5.44. The minimum Gasteiger partial charge on any atom is -0.379 e. The van der Waals surface area contributed by atoms with E-state index in [2.05, 4.69) is 13.8 Å². The maximum absolute atomic E-state index is 5.92. The Kier molecular flexibility index (Phi) is 8.24. The maximum atomic E-state index is 5.92. The summed E-state index contributed by atoms with van der Waals surface area (Å²) in [6, 6.07) is 0. The summed E-state index contributed by atoms with van der Waals surface area (Å²) in [5, 5.41) is 0. The third-order valence-corrected chi connectivity index (χ3v) is 11.6. The van der Waals surface area contributed by atoms with Gasteiger partial charge in [0.2, 0.25) is 0 Å². The van der Waals surface area contributed by atoms with Crippen molar-refractivity contribution in [3.05, 3.63) is 0 Å². The van der Waals surface area contributed by atoms with E-state index in [4.69, 9.17) is 4.74 Å². The predicted octanol–water partition coefficient (Wildman–Crippen LogP) is 9.05. The first-order chi connectivity index (χ1) is 15.7. The molecule has 0 amide bonds. The summed E-state index contributed by atoms with van der Waals surface area (Å²) < 4.78 is 5.92. The normalized spacial score (nSPS) is 47.4. The molecule has 0 aromatic carbocycles. The molecule has 0 radical (unpaired) electrons. The second-order valence-corrected chi connectivity index (χ2v) is 13.2. The highest BCUT2D eigenvalue weighted by molar-refractivity contribution is 4.94. The molecule has 5 fully saturated rings. The maximum Gasteiger partial charge on any atom is 0.0575 e. The quantitative estimate of drug-likeness (QED) is 0.398. The molecule has 0 N–H and O–H groups in total. The largest absolute Gasteiger partial charge is 0.379 e. The zero-order valence-corrected chi connectivity index (χ0v) is 21.6. The molecule has 5 aliphatic rings. The molecular formula is C31H54O. The minimum atomic E-state index is 0.583. The van der Waals surface area contributed by atoms with Gasteiger partial charge in [-0.3, -0.25) is 0 Å². The van der Waals surface area contributed by atoms with Crippen LogP contribution in [-0.2, 0) is 4.74 Å². The van der Waals surface area contributed by atoms with Crippen molar-refractivity contribution in [2.75, 3.05) is 6.61 Å². The van der Waals surface area contributed by atoms with Crippen molar-refractivity contribution in [2.24, 2.45) is 53.3 Å². The molecule has 8 unspecified atom stereocenters. The van der Waals surface area contributed by atoms with Crippen LogP contribution in [-0.4, -0.2) is 12.7 Å². The van der Waals surface area contributed by atoms with Gasteiger partial charge in [0.25, 0.3) is 0 Å². The standard InChI is InChI=1S/C31H54O/c1-3-5-22-6-7-26-20-28(10-8-24(26)18-22)30-13-12-27-19-25(9-11-29(27)21-30)23-14-16-31(17-15-23)32-4-2/h22-31H,3-21H2,1-2H3. The van der Waals surface area contributed by atoms with Crippen LogP contribution >= 0.6 is 0 Å². The van der Waals surface area contributed by atoms with E-state index < -0.39 is 0 Å². The molecule has 5 saturated carbocycles. The van der Waals surface area contributed by atoms with Crippen LogP contribution in [0.3, 0.4) is 0 Å². The van der Waals surface area contributed by atoms with Crippen LogP contribution in [0.25, 0.3) is 0 Å². The Bertz CT molecular complexity index is 563. The van der Waals surface area contributed by atoms with Gasteiger partial charge in [-0.25, -0.2) is 0 Å². The number of rotatable bonds is 6. The van der Waals surface area contributed by atoms with E-state index in [1.165, 1.54) is 38.5 Å². The van der Waals surface area contributed by atoms with E-state index in [1.54, 1.807) is 77.0 Å². The van der Waals surface area contributed by atoms with Crippen LogP contribution in [0.15, 0.2) is 0 Å². The summed E-state index contributed by atoms with van der Waals surface area (Å²) in [4.78, 5) is 0.